The third-order valence-corrected chi connectivity index (χ3v) is 7.27. The van der Waals surface area contributed by atoms with Gasteiger partial charge in [0.25, 0.3) is 11.1 Å². The maximum Gasteiger partial charge on any atom is 0.349 e. The molecule has 4 rings (SSSR count). The molecule has 0 radical (unpaired) electrons. The lowest BCUT2D eigenvalue weighted by molar-refractivity contribution is 0.0678. The van der Waals surface area contributed by atoms with Crippen LogP contribution in [0.15, 0.2) is 68.7 Å². The number of carboxylic acids is 1. The minimum Gasteiger partial charge on any atom is -0.477 e. The summed E-state index contributed by atoms with van der Waals surface area (Å²) in [6.45, 7) is 3.63. The molecule has 194 valence electrons. The first-order valence-corrected chi connectivity index (χ1v) is 13.5. The van der Waals surface area contributed by atoms with Crippen LogP contribution in [0.25, 0.3) is 22.5 Å². The van der Waals surface area contributed by atoms with Crippen LogP contribution in [0.2, 0.25) is 0 Å². The van der Waals surface area contributed by atoms with Gasteiger partial charge in [-0.25, -0.2) is 9.59 Å². The summed E-state index contributed by atoms with van der Waals surface area (Å²) >= 11 is 5.55. The molecule has 8 nitrogen and oxygen atoms in total. The highest BCUT2D eigenvalue weighted by atomic mass is 127. The van der Waals surface area contributed by atoms with Gasteiger partial charge in [0.15, 0.2) is 11.3 Å². The second-order valence-corrected chi connectivity index (χ2v) is 10.5. The van der Waals surface area contributed by atoms with Gasteiger partial charge < -0.3 is 19.8 Å². The number of aromatic carboxylic acids is 1. The van der Waals surface area contributed by atoms with Crippen molar-refractivity contribution in [3.8, 4) is 28.3 Å². The molecule has 0 unspecified atom stereocenters. The van der Waals surface area contributed by atoms with Gasteiger partial charge in [-0.15, -0.1) is 0 Å². The molecular formula is C28H22BrIN2O6. The van der Waals surface area contributed by atoms with Crippen LogP contribution in [-0.4, -0.2) is 27.0 Å². The van der Waals surface area contributed by atoms with E-state index < -0.39 is 28.6 Å². The van der Waals surface area contributed by atoms with Gasteiger partial charge in [-0.05, 0) is 82.5 Å². The van der Waals surface area contributed by atoms with Crippen molar-refractivity contribution in [2.24, 2.45) is 0 Å². The predicted octanol–water partition coefficient (Wildman–Crippen LogP) is 5.81. The fourth-order valence-electron chi connectivity index (χ4n) is 4.15. The van der Waals surface area contributed by atoms with Crippen molar-refractivity contribution in [1.29, 1.82) is 0 Å². The van der Waals surface area contributed by atoms with Crippen LogP contribution < -0.4 is 15.9 Å². The van der Waals surface area contributed by atoms with Gasteiger partial charge in [0.05, 0.1) is 11.4 Å². The maximum atomic E-state index is 13.3. The van der Waals surface area contributed by atoms with E-state index in [0.717, 1.165) is 13.6 Å². The summed E-state index contributed by atoms with van der Waals surface area (Å²) in [6.07, 6.45) is 0.755. The third kappa shape index (κ3) is 5.51. The second-order valence-electron chi connectivity index (χ2n) is 8.34. The molecule has 4 aromatic rings. The molecule has 3 N–H and O–H groups in total. The number of halogens is 2. The number of aromatic nitrogens is 2. The monoisotopic (exact) mass is 688 g/mol. The van der Waals surface area contributed by atoms with Crippen molar-refractivity contribution in [1.82, 2.24) is 9.97 Å². The SMILES string of the molecule is CCc1cc(C(=O)Oc2c(CC)c(-c3ccc(Br)cc3)[nH]c(=O)c2C(=O)O)c(=O)[nH]c1-c1ccc(I)cc1. The number of hydrogen-bond donors (Lipinski definition) is 3. The summed E-state index contributed by atoms with van der Waals surface area (Å²) in [6, 6.07) is 16.0. The van der Waals surface area contributed by atoms with Crippen LogP contribution in [0.1, 0.15) is 45.7 Å². The Balaban J connectivity index is 1.84. The zero-order chi connectivity index (χ0) is 27.6. The number of H-pyrrole nitrogens is 2. The van der Waals surface area contributed by atoms with Gasteiger partial charge in [-0.1, -0.05) is 54.0 Å². The molecule has 2 heterocycles. The Morgan fingerprint density at radius 1 is 0.895 bits per heavy atom. The summed E-state index contributed by atoms with van der Waals surface area (Å²) in [5.41, 5.74) is 0.710. The van der Waals surface area contributed by atoms with E-state index in [0.29, 0.717) is 34.5 Å². The largest absolute Gasteiger partial charge is 0.477 e. The number of ether oxygens (including phenoxy) is 1. The molecule has 0 atom stereocenters. The third-order valence-electron chi connectivity index (χ3n) is 6.02. The quantitative estimate of drug-likeness (QED) is 0.166. The first kappa shape index (κ1) is 27.5. The van der Waals surface area contributed by atoms with E-state index in [1.54, 1.807) is 31.2 Å². The number of esters is 1. The summed E-state index contributed by atoms with van der Waals surface area (Å²) in [7, 11) is 0. The number of benzene rings is 2. The lowest BCUT2D eigenvalue weighted by Crippen LogP contribution is -2.27. The Hall–Kier alpha value is -3.51. The van der Waals surface area contributed by atoms with Crippen molar-refractivity contribution in [3.63, 3.8) is 0 Å². The molecule has 0 bridgehead atoms. The first-order valence-electron chi connectivity index (χ1n) is 11.7. The average molecular weight is 689 g/mol. The molecule has 2 aromatic carbocycles. The van der Waals surface area contributed by atoms with Gasteiger partial charge in [-0.2, -0.15) is 0 Å². The van der Waals surface area contributed by atoms with E-state index >= 15 is 0 Å². The second kappa shape index (κ2) is 11.5. The van der Waals surface area contributed by atoms with Crippen molar-refractivity contribution in [2.75, 3.05) is 0 Å². The molecule has 0 spiro atoms. The normalized spacial score (nSPS) is 10.8. The van der Waals surface area contributed by atoms with Crippen LogP contribution in [0.5, 0.6) is 5.75 Å². The molecule has 10 heteroatoms. The fraction of sp³-hybridized carbons (Fsp3) is 0.143. The summed E-state index contributed by atoms with van der Waals surface area (Å²) in [5.74, 6) is -2.99. The molecule has 0 aliphatic carbocycles. The van der Waals surface area contributed by atoms with Gasteiger partial charge in [0, 0.05) is 13.6 Å². The number of aryl methyl sites for hydroxylation is 1. The van der Waals surface area contributed by atoms with Crippen LogP contribution >= 0.6 is 38.5 Å². The van der Waals surface area contributed by atoms with Gasteiger partial charge in [0.1, 0.15) is 5.56 Å². The smallest absolute Gasteiger partial charge is 0.349 e. The van der Waals surface area contributed by atoms with Crippen LogP contribution in [0.4, 0.5) is 0 Å². The Bertz CT molecular complexity index is 1660. The highest BCUT2D eigenvalue weighted by Crippen LogP contribution is 2.32. The highest BCUT2D eigenvalue weighted by Gasteiger charge is 2.27. The number of hydrogen-bond acceptors (Lipinski definition) is 5. The lowest BCUT2D eigenvalue weighted by atomic mass is 10.00. The molecular weight excluding hydrogens is 667 g/mol. The Kier molecular flexibility index (Phi) is 8.32. The van der Waals surface area contributed by atoms with E-state index in [2.05, 4.69) is 48.5 Å². The number of nitrogens with one attached hydrogen (secondary N) is 2. The maximum absolute atomic E-state index is 13.3. The van der Waals surface area contributed by atoms with Crippen LogP contribution in [0, 0.1) is 3.57 Å². The Morgan fingerprint density at radius 2 is 1.47 bits per heavy atom. The zero-order valence-electron chi connectivity index (χ0n) is 20.4. The predicted molar refractivity (Wildman–Crippen MR) is 156 cm³/mol. The summed E-state index contributed by atoms with van der Waals surface area (Å²) < 4.78 is 7.40. The standard InChI is InChI=1S/C28H22BrIN2O6/c1-3-14-13-20(25(33)31-22(14)15-7-11-18(30)12-8-15)28(37)38-24-19(4-2)23(16-5-9-17(29)10-6-16)32-26(34)21(24)27(35)36/h5-13H,3-4H2,1-2H3,(H,31,33)(H,32,34)(H,35,36). The molecule has 0 saturated heterocycles. The number of carboxylic acid groups (broad SMARTS) is 1. The Labute approximate surface area is 239 Å². The number of carbonyl (C=O) groups is 2. The molecule has 0 fully saturated rings. The van der Waals surface area contributed by atoms with E-state index in [4.69, 9.17) is 4.74 Å². The van der Waals surface area contributed by atoms with E-state index in [9.17, 15) is 24.3 Å². The van der Waals surface area contributed by atoms with E-state index in [1.165, 1.54) is 6.07 Å². The first-order chi connectivity index (χ1) is 18.1. The lowest BCUT2D eigenvalue weighted by Gasteiger charge is -2.16. The molecule has 0 saturated carbocycles. The summed E-state index contributed by atoms with van der Waals surface area (Å²) in [5, 5.41) is 9.78. The molecule has 0 aliphatic rings. The van der Waals surface area contributed by atoms with Crippen LogP contribution in [0.3, 0.4) is 0 Å². The molecule has 0 amide bonds. The minimum absolute atomic E-state index is 0.243. The minimum atomic E-state index is -1.55. The zero-order valence-corrected chi connectivity index (χ0v) is 24.1. The average Bonchev–Trinajstić information content (AvgIpc) is 2.89. The van der Waals surface area contributed by atoms with Gasteiger partial charge in [0.2, 0.25) is 0 Å². The van der Waals surface area contributed by atoms with Gasteiger partial charge >= 0.3 is 11.9 Å². The summed E-state index contributed by atoms with van der Waals surface area (Å²) in [4.78, 5) is 56.5. The highest BCUT2D eigenvalue weighted by molar-refractivity contribution is 14.1. The van der Waals surface area contributed by atoms with E-state index in [-0.39, 0.29) is 17.7 Å². The molecule has 2 aromatic heterocycles. The Morgan fingerprint density at radius 3 is 2.05 bits per heavy atom. The topological polar surface area (TPSA) is 129 Å². The van der Waals surface area contributed by atoms with Gasteiger partial charge in [-0.3, -0.25) is 9.59 Å². The fourth-order valence-corrected chi connectivity index (χ4v) is 4.78. The number of carbonyl (C=O) groups excluding carboxylic acids is 1. The number of rotatable bonds is 7. The molecule has 0 aliphatic heterocycles. The number of pyridine rings is 2. The van der Waals surface area contributed by atoms with Crippen molar-refractivity contribution < 1.29 is 19.4 Å². The van der Waals surface area contributed by atoms with Crippen molar-refractivity contribution in [3.05, 3.63) is 106 Å². The molecule has 38 heavy (non-hydrogen) atoms. The number of aromatic amines is 2. The van der Waals surface area contributed by atoms with Crippen LogP contribution in [-0.2, 0) is 12.8 Å². The van der Waals surface area contributed by atoms with Crippen molar-refractivity contribution in [2.45, 2.75) is 26.7 Å². The van der Waals surface area contributed by atoms with Crippen molar-refractivity contribution >= 4 is 50.5 Å². The van der Waals surface area contributed by atoms with E-state index in [1.807, 2.05) is 31.2 Å².